The highest BCUT2D eigenvalue weighted by Crippen LogP contribution is 2.33. The van der Waals surface area contributed by atoms with Crippen molar-refractivity contribution in [3.8, 4) is 0 Å². The first-order valence-corrected chi connectivity index (χ1v) is 7.80. The molecular weight excluding hydrogens is 264 g/mol. The molecule has 0 amide bonds. The fraction of sp³-hybridized carbons (Fsp3) is 0.462. The molecule has 1 aliphatic heterocycles. The molecule has 0 radical (unpaired) electrons. The van der Waals surface area contributed by atoms with Gasteiger partial charge in [-0.15, -0.1) is 4.40 Å². The van der Waals surface area contributed by atoms with Crippen LogP contribution in [0.3, 0.4) is 0 Å². The topological polar surface area (TPSA) is 67.8 Å². The molecule has 6 heteroatoms. The molecule has 102 valence electrons. The van der Waals surface area contributed by atoms with Crippen molar-refractivity contribution in [3.05, 3.63) is 29.8 Å². The van der Waals surface area contributed by atoms with Crippen LogP contribution in [0.5, 0.6) is 0 Å². The number of rotatable bonds is 3. The van der Waals surface area contributed by atoms with Gasteiger partial charge in [0.2, 0.25) is 5.90 Å². The zero-order valence-corrected chi connectivity index (χ0v) is 11.5. The van der Waals surface area contributed by atoms with E-state index in [1.807, 2.05) is 7.05 Å². The molecule has 1 N–H and O–H groups in total. The third-order valence-corrected chi connectivity index (χ3v) is 4.88. The molecule has 1 aromatic carbocycles. The summed E-state index contributed by atoms with van der Waals surface area (Å²) in [5.74, 6) is 0.868. The van der Waals surface area contributed by atoms with Crippen molar-refractivity contribution < 1.29 is 13.2 Å². The molecule has 1 aliphatic carbocycles. The first kappa shape index (κ1) is 12.6. The maximum absolute atomic E-state index is 11.8. The number of nitrogens with one attached hydrogen (secondary N) is 1. The SMILES string of the molecule is CNCC1CC(OC2=NS(=O)(=O)c3ccccc32)C1. The molecule has 0 aromatic heterocycles. The molecule has 19 heavy (non-hydrogen) atoms. The second-order valence-corrected chi connectivity index (χ2v) is 6.58. The molecule has 0 spiro atoms. The fourth-order valence-electron chi connectivity index (χ4n) is 2.54. The van der Waals surface area contributed by atoms with Crippen LogP contribution in [-0.4, -0.2) is 34.0 Å². The van der Waals surface area contributed by atoms with E-state index < -0.39 is 10.0 Å². The monoisotopic (exact) mass is 280 g/mol. The van der Waals surface area contributed by atoms with Crippen LogP contribution < -0.4 is 5.32 Å². The first-order chi connectivity index (χ1) is 9.10. The van der Waals surface area contributed by atoms with Crippen LogP contribution in [0.25, 0.3) is 0 Å². The normalized spacial score (nSPS) is 27.3. The average Bonchev–Trinajstić information content (AvgIpc) is 2.59. The summed E-state index contributed by atoms with van der Waals surface area (Å²) in [5, 5.41) is 3.13. The van der Waals surface area contributed by atoms with E-state index in [1.54, 1.807) is 24.3 Å². The van der Waals surface area contributed by atoms with Gasteiger partial charge in [-0.3, -0.25) is 0 Å². The molecule has 0 bridgehead atoms. The number of nitrogens with zero attached hydrogens (tertiary/aromatic N) is 1. The van der Waals surface area contributed by atoms with Gasteiger partial charge in [-0.25, -0.2) is 0 Å². The first-order valence-electron chi connectivity index (χ1n) is 6.36. The minimum Gasteiger partial charge on any atom is -0.473 e. The highest BCUT2D eigenvalue weighted by atomic mass is 32.2. The van der Waals surface area contributed by atoms with E-state index in [-0.39, 0.29) is 16.9 Å². The van der Waals surface area contributed by atoms with E-state index >= 15 is 0 Å². The van der Waals surface area contributed by atoms with Crippen LogP contribution >= 0.6 is 0 Å². The minimum absolute atomic E-state index is 0.0819. The lowest BCUT2D eigenvalue weighted by molar-refractivity contribution is 0.0565. The summed E-state index contributed by atoms with van der Waals surface area (Å²) in [7, 11) is -1.63. The molecular formula is C13H16N2O3S. The number of sulfonamides is 1. The Morgan fingerprint density at radius 1 is 1.37 bits per heavy atom. The summed E-state index contributed by atoms with van der Waals surface area (Å²) in [6.45, 7) is 0.973. The number of benzene rings is 1. The van der Waals surface area contributed by atoms with Crippen LogP contribution in [0.15, 0.2) is 33.6 Å². The van der Waals surface area contributed by atoms with Gasteiger partial charge in [-0.1, -0.05) is 12.1 Å². The van der Waals surface area contributed by atoms with Gasteiger partial charge in [0.15, 0.2) is 0 Å². The van der Waals surface area contributed by atoms with Crippen molar-refractivity contribution in [2.24, 2.45) is 10.3 Å². The molecule has 0 unspecified atom stereocenters. The van der Waals surface area contributed by atoms with E-state index in [9.17, 15) is 8.42 Å². The lowest BCUT2D eigenvalue weighted by atomic mass is 9.82. The van der Waals surface area contributed by atoms with Gasteiger partial charge in [0, 0.05) is 0 Å². The number of hydrogen-bond acceptors (Lipinski definition) is 4. The van der Waals surface area contributed by atoms with E-state index in [0.29, 0.717) is 11.5 Å². The molecule has 3 rings (SSSR count). The van der Waals surface area contributed by atoms with Crippen LogP contribution in [0.4, 0.5) is 0 Å². The summed E-state index contributed by atoms with van der Waals surface area (Å²) in [5.41, 5.74) is 0.583. The van der Waals surface area contributed by atoms with Crippen molar-refractivity contribution >= 4 is 15.9 Å². The summed E-state index contributed by atoms with van der Waals surface area (Å²) in [4.78, 5) is 0.246. The highest BCUT2D eigenvalue weighted by molar-refractivity contribution is 7.90. The van der Waals surface area contributed by atoms with Gasteiger partial charge in [0.05, 0.1) is 5.56 Å². The Morgan fingerprint density at radius 2 is 2.11 bits per heavy atom. The summed E-state index contributed by atoms with van der Waals surface area (Å²) >= 11 is 0. The maximum Gasteiger partial charge on any atom is 0.286 e. The minimum atomic E-state index is -3.56. The lowest BCUT2D eigenvalue weighted by Crippen LogP contribution is -2.38. The van der Waals surface area contributed by atoms with Crippen LogP contribution in [0.2, 0.25) is 0 Å². The van der Waals surface area contributed by atoms with Crippen molar-refractivity contribution in [2.45, 2.75) is 23.8 Å². The smallest absolute Gasteiger partial charge is 0.286 e. The van der Waals surface area contributed by atoms with Crippen molar-refractivity contribution in [2.75, 3.05) is 13.6 Å². The zero-order chi connectivity index (χ0) is 13.5. The predicted octanol–water partition coefficient (Wildman–Crippen LogP) is 1.15. The van der Waals surface area contributed by atoms with Crippen molar-refractivity contribution in [1.82, 2.24) is 5.32 Å². The number of ether oxygens (including phenoxy) is 1. The van der Waals surface area contributed by atoms with Crippen LogP contribution in [-0.2, 0) is 14.8 Å². The Hall–Kier alpha value is -1.40. The van der Waals surface area contributed by atoms with Gasteiger partial charge < -0.3 is 10.1 Å². The highest BCUT2D eigenvalue weighted by Gasteiger charge is 2.35. The van der Waals surface area contributed by atoms with E-state index in [1.165, 1.54) is 0 Å². The third kappa shape index (κ3) is 2.26. The summed E-state index contributed by atoms with van der Waals surface area (Å²) in [6, 6.07) is 6.79. The van der Waals surface area contributed by atoms with Gasteiger partial charge in [0.25, 0.3) is 10.0 Å². The molecule has 1 aromatic rings. The fourth-order valence-corrected chi connectivity index (χ4v) is 3.69. The molecule has 1 saturated carbocycles. The quantitative estimate of drug-likeness (QED) is 0.902. The molecule has 2 aliphatic rings. The van der Waals surface area contributed by atoms with Gasteiger partial charge in [-0.05, 0) is 44.5 Å². The average molecular weight is 280 g/mol. The Bertz CT molecular complexity index is 619. The number of hydrogen-bond donors (Lipinski definition) is 1. The number of fused-ring (bicyclic) bond motifs is 1. The lowest BCUT2D eigenvalue weighted by Gasteiger charge is -2.35. The van der Waals surface area contributed by atoms with E-state index in [0.717, 1.165) is 19.4 Å². The van der Waals surface area contributed by atoms with Gasteiger partial charge in [0.1, 0.15) is 11.0 Å². The van der Waals surface area contributed by atoms with Gasteiger partial charge in [-0.2, -0.15) is 8.42 Å². The molecule has 1 heterocycles. The van der Waals surface area contributed by atoms with Crippen molar-refractivity contribution in [1.29, 1.82) is 0 Å². The Labute approximate surface area is 112 Å². The van der Waals surface area contributed by atoms with Crippen molar-refractivity contribution in [3.63, 3.8) is 0 Å². The largest absolute Gasteiger partial charge is 0.473 e. The van der Waals surface area contributed by atoms with Crippen LogP contribution in [0, 0.1) is 5.92 Å². The molecule has 5 nitrogen and oxygen atoms in total. The Kier molecular flexibility index (Phi) is 3.06. The molecule has 1 fully saturated rings. The summed E-state index contributed by atoms with van der Waals surface area (Å²) < 4.78 is 33.1. The molecule has 0 atom stereocenters. The second kappa shape index (κ2) is 4.61. The predicted molar refractivity (Wildman–Crippen MR) is 71.7 cm³/mol. The third-order valence-electron chi connectivity index (χ3n) is 3.56. The Morgan fingerprint density at radius 3 is 2.84 bits per heavy atom. The van der Waals surface area contributed by atoms with E-state index in [2.05, 4.69) is 9.71 Å². The van der Waals surface area contributed by atoms with E-state index in [4.69, 9.17) is 4.74 Å². The van der Waals surface area contributed by atoms with Gasteiger partial charge >= 0.3 is 0 Å². The summed E-state index contributed by atoms with van der Waals surface area (Å²) in [6.07, 6.45) is 1.97. The zero-order valence-electron chi connectivity index (χ0n) is 10.7. The standard InChI is InChI=1S/C13H16N2O3S/c1-14-8-9-6-10(7-9)18-13-11-4-2-3-5-12(11)19(16,17)15-13/h2-5,9-10,14H,6-8H2,1H3. The Balaban J connectivity index is 1.74. The maximum atomic E-state index is 11.8. The second-order valence-electron chi connectivity index (χ2n) is 5.00. The van der Waals surface area contributed by atoms with Crippen LogP contribution in [0.1, 0.15) is 18.4 Å². The molecule has 0 saturated heterocycles.